The molecule has 1 heterocycles. The molecule has 6 heteroatoms. The predicted molar refractivity (Wildman–Crippen MR) is 103 cm³/mol. The van der Waals surface area contributed by atoms with Crippen molar-refractivity contribution >= 4 is 0 Å². The number of hydrogen-bond acceptors (Lipinski definition) is 6. The van der Waals surface area contributed by atoms with Gasteiger partial charge in [0, 0.05) is 12.6 Å². The van der Waals surface area contributed by atoms with Crippen LogP contribution in [-0.4, -0.2) is 46.1 Å². The smallest absolute Gasteiger partial charge is 0.203 e. The topological polar surface area (TPSA) is 58.2 Å². The van der Waals surface area contributed by atoms with E-state index in [0.717, 1.165) is 17.9 Å². The van der Waals surface area contributed by atoms with E-state index in [1.54, 1.807) is 14.2 Å². The van der Waals surface area contributed by atoms with Gasteiger partial charge < -0.3 is 29.0 Å². The summed E-state index contributed by atoms with van der Waals surface area (Å²) in [5.74, 6) is 3.52. The zero-order valence-corrected chi connectivity index (χ0v) is 16.1. The van der Waals surface area contributed by atoms with Crippen molar-refractivity contribution in [2.24, 2.45) is 0 Å². The molecule has 1 unspecified atom stereocenters. The van der Waals surface area contributed by atoms with Gasteiger partial charge in [0.05, 0.1) is 14.2 Å². The maximum atomic E-state index is 6.10. The Hall–Kier alpha value is -2.60. The zero-order valence-electron chi connectivity index (χ0n) is 16.1. The third-order valence-corrected chi connectivity index (χ3v) is 4.56. The molecule has 0 fully saturated rings. The van der Waals surface area contributed by atoms with Gasteiger partial charge in [-0.3, -0.25) is 0 Å². The van der Waals surface area contributed by atoms with E-state index >= 15 is 0 Å². The largest absolute Gasteiger partial charge is 0.493 e. The minimum absolute atomic E-state index is 0.0364. The number of hydrogen-bond donors (Lipinski definition) is 1. The Bertz CT molecular complexity index is 714. The third kappa shape index (κ3) is 4.57. The number of para-hydroxylation sites is 3. The summed E-state index contributed by atoms with van der Waals surface area (Å²) in [7, 11) is 3.23. The van der Waals surface area contributed by atoms with Gasteiger partial charge in [-0.2, -0.15) is 0 Å². The first-order valence-electron chi connectivity index (χ1n) is 9.22. The van der Waals surface area contributed by atoms with E-state index in [1.807, 2.05) is 42.5 Å². The molecule has 2 aromatic rings. The quantitative estimate of drug-likeness (QED) is 0.681. The van der Waals surface area contributed by atoms with Gasteiger partial charge in [-0.1, -0.05) is 25.1 Å². The van der Waals surface area contributed by atoms with Crippen molar-refractivity contribution in [3.05, 3.63) is 42.5 Å². The molecule has 0 bridgehead atoms. The second-order valence-electron chi connectivity index (χ2n) is 6.22. The lowest BCUT2D eigenvalue weighted by atomic mass is 10.1. The number of nitrogens with one attached hydrogen (secondary N) is 1. The Kier molecular flexibility index (Phi) is 6.65. The molecule has 1 aliphatic rings. The summed E-state index contributed by atoms with van der Waals surface area (Å²) in [6.45, 7) is 3.81. The van der Waals surface area contributed by atoms with Crippen molar-refractivity contribution in [2.45, 2.75) is 25.5 Å². The molecule has 0 amide bonds. The molecule has 146 valence electrons. The Morgan fingerprint density at radius 3 is 2.41 bits per heavy atom. The minimum Gasteiger partial charge on any atom is -0.493 e. The van der Waals surface area contributed by atoms with Gasteiger partial charge in [-0.25, -0.2) is 0 Å². The normalized spacial score (nSPS) is 16.5. The van der Waals surface area contributed by atoms with Crippen molar-refractivity contribution in [1.29, 1.82) is 0 Å². The first kappa shape index (κ1) is 19.2. The number of methoxy groups -OCH3 is 2. The van der Waals surface area contributed by atoms with Crippen LogP contribution in [0.5, 0.6) is 28.7 Å². The highest BCUT2D eigenvalue weighted by Gasteiger charge is 2.27. The second kappa shape index (κ2) is 9.37. The summed E-state index contributed by atoms with van der Waals surface area (Å²) in [5.41, 5.74) is 0. The van der Waals surface area contributed by atoms with Crippen LogP contribution >= 0.6 is 0 Å². The van der Waals surface area contributed by atoms with Gasteiger partial charge in [0.1, 0.15) is 19.3 Å². The van der Waals surface area contributed by atoms with Crippen LogP contribution in [0.4, 0.5) is 0 Å². The fraction of sp³-hybridized carbons (Fsp3) is 0.429. The summed E-state index contributed by atoms with van der Waals surface area (Å²) in [6.07, 6.45) is 0.888. The van der Waals surface area contributed by atoms with Crippen molar-refractivity contribution < 1.29 is 23.7 Å². The van der Waals surface area contributed by atoms with Gasteiger partial charge in [-0.05, 0) is 30.7 Å². The average Bonchev–Trinajstić information content (AvgIpc) is 2.73. The van der Waals surface area contributed by atoms with Crippen molar-refractivity contribution in [1.82, 2.24) is 5.32 Å². The van der Waals surface area contributed by atoms with Crippen LogP contribution in [0.2, 0.25) is 0 Å². The highest BCUT2D eigenvalue weighted by Crippen LogP contribution is 2.36. The monoisotopic (exact) mass is 373 g/mol. The molecule has 27 heavy (non-hydrogen) atoms. The number of ether oxygens (including phenoxy) is 5. The fourth-order valence-corrected chi connectivity index (χ4v) is 3.13. The summed E-state index contributed by atoms with van der Waals surface area (Å²) >= 11 is 0. The Morgan fingerprint density at radius 1 is 1.04 bits per heavy atom. The molecule has 0 saturated heterocycles. The van der Waals surface area contributed by atoms with E-state index in [0.29, 0.717) is 37.0 Å². The Balaban J connectivity index is 1.53. The SMILES string of the molecule is CCC(NCCOc1c(OC)cccc1OC)[C@@H]1COc2ccccc2O1. The van der Waals surface area contributed by atoms with E-state index in [9.17, 15) is 0 Å². The molecule has 0 aromatic heterocycles. The predicted octanol–water partition coefficient (Wildman–Crippen LogP) is 3.29. The van der Waals surface area contributed by atoms with Gasteiger partial charge in [0.25, 0.3) is 0 Å². The average molecular weight is 373 g/mol. The molecule has 0 aliphatic carbocycles. The maximum Gasteiger partial charge on any atom is 0.203 e. The lowest BCUT2D eigenvalue weighted by molar-refractivity contribution is 0.0596. The summed E-state index contributed by atoms with van der Waals surface area (Å²) < 4.78 is 28.5. The molecular formula is C21H27NO5. The molecule has 2 aromatic carbocycles. The highest BCUT2D eigenvalue weighted by molar-refractivity contribution is 5.51. The van der Waals surface area contributed by atoms with E-state index in [2.05, 4.69) is 12.2 Å². The summed E-state index contributed by atoms with van der Waals surface area (Å²) in [6, 6.07) is 13.5. The molecule has 0 saturated carbocycles. The maximum absolute atomic E-state index is 6.10. The second-order valence-corrected chi connectivity index (χ2v) is 6.22. The van der Waals surface area contributed by atoms with Crippen LogP contribution in [-0.2, 0) is 0 Å². The minimum atomic E-state index is -0.0364. The molecule has 0 radical (unpaired) electrons. The van der Waals surface area contributed by atoms with Crippen molar-refractivity contribution in [3.63, 3.8) is 0 Å². The Morgan fingerprint density at radius 2 is 1.74 bits per heavy atom. The molecule has 0 spiro atoms. The van der Waals surface area contributed by atoms with Crippen LogP contribution in [0.15, 0.2) is 42.5 Å². The van der Waals surface area contributed by atoms with Gasteiger partial charge in [-0.15, -0.1) is 0 Å². The standard InChI is InChI=1S/C21H27NO5/c1-4-15(20-14-26-16-8-5-6-9-17(16)27-20)22-12-13-25-21-18(23-2)10-7-11-19(21)24-3/h5-11,15,20,22H,4,12-14H2,1-3H3/t15?,20-/m0/s1. The lowest BCUT2D eigenvalue weighted by Gasteiger charge is -2.32. The summed E-state index contributed by atoms with van der Waals surface area (Å²) in [5, 5.41) is 3.50. The molecule has 3 rings (SSSR count). The summed E-state index contributed by atoms with van der Waals surface area (Å²) in [4.78, 5) is 0. The third-order valence-electron chi connectivity index (χ3n) is 4.56. The van der Waals surface area contributed by atoms with Crippen molar-refractivity contribution in [2.75, 3.05) is 34.0 Å². The number of fused-ring (bicyclic) bond motifs is 1. The van der Waals surface area contributed by atoms with E-state index in [4.69, 9.17) is 23.7 Å². The van der Waals surface area contributed by atoms with Gasteiger partial charge in [0.15, 0.2) is 23.0 Å². The van der Waals surface area contributed by atoms with Crippen LogP contribution in [0, 0.1) is 0 Å². The van der Waals surface area contributed by atoms with Crippen LogP contribution in [0.3, 0.4) is 0 Å². The molecule has 2 atom stereocenters. The first-order chi connectivity index (χ1) is 13.3. The molecule has 1 N–H and O–H groups in total. The number of rotatable bonds is 9. The van der Waals surface area contributed by atoms with E-state index < -0.39 is 0 Å². The van der Waals surface area contributed by atoms with E-state index in [-0.39, 0.29) is 12.1 Å². The Labute approximate surface area is 160 Å². The first-order valence-corrected chi connectivity index (χ1v) is 9.22. The molecular weight excluding hydrogens is 346 g/mol. The van der Waals surface area contributed by atoms with Gasteiger partial charge >= 0.3 is 0 Å². The van der Waals surface area contributed by atoms with Crippen LogP contribution in [0.25, 0.3) is 0 Å². The zero-order chi connectivity index (χ0) is 19.1. The van der Waals surface area contributed by atoms with Gasteiger partial charge in [0.2, 0.25) is 5.75 Å². The molecule has 6 nitrogen and oxygen atoms in total. The number of benzene rings is 2. The van der Waals surface area contributed by atoms with Crippen LogP contribution in [0.1, 0.15) is 13.3 Å². The highest BCUT2D eigenvalue weighted by atomic mass is 16.6. The lowest BCUT2D eigenvalue weighted by Crippen LogP contribution is -2.48. The van der Waals surface area contributed by atoms with E-state index in [1.165, 1.54) is 0 Å². The van der Waals surface area contributed by atoms with Crippen molar-refractivity contribution in [3.8, 4) is 28.7 Å². The fourth-order valence-electron chi connectivity index (χ4n) is 3.13. The molecule has 1 aliphatic heterocycles. The van der Waals surface area contributed by atoms with Crippen LogP contribution < -0.4 is 29.0 Å².